The fourth-order valence-corrected chi connectivity index (χ4v) is 4.94. The van der Waals surface area contributed by atoms with Gasteiger partial charge in [0.05, 0.1) is 6.54 Å². The number of piperazine rings is 1. The maximum atomic E-state index is 12.6. The zero-order valence-corrected chi connectivity index (χ0v) is 17.6. The Labute approximate surface area is 163 Å². The molecule has 1 heterocycles. The molecule has 0 aromatic heterocycles. The highest BCUT2D eigenvalue weighted by atomic mass is 32.2. The van der Waals surface area contributed by atoms with Crippen molar-refractivity contribution in [2.45, 2.75) is 33.6 Å². The molecule has 1 saturated heterocycles. The van der Waals surface area contributed by atoms with Gasteiger partial charge in [-0.2, -0.15) is 17.0 Å². The summed E-state index contributed by atoms with van der Waals surface area (Å²) in [4.78, 5) is 14.4. The molecular weight excluding hydrogens is 364 g/mol. The number of amides is 1. The van der Waals surface area contributed by atoms with Gasteiger partial charge in [0.25, 0.3) is 10.2 Å². The molecule has 0 atom stereocenters. The molecule has 152 valence electrons. The summed E-state index contributed by atoms with van der Waals surface area (Å²) in [5.41, 5.74) is 1.96. The molecule has 0 spiro atoms. The Bertz CT molecular complexity index is 724. The Morgan fingerprint density at radius 3 is 2.26 bits per heavy atom. The largest absolute Gasteiger partial charge is 0.325 e. The summed E-state index contributed by atoms with van der Waals surface area (Å²) in [6.45, 7) is 11.0. The van der Waals surface area contributed by atoms with Gasteiger partial charge in [0.2, 0.25) is 5.91 Å². The van der Waals surface area contributed by atoms with Crippen LogP contribution in [-0.4, -0.2) is 73.6 Å². The van der Waals surface area contributed by atoms with Crippen molar-refractivity contribution in [3.8, 4) is 0 Å². The van der Waals surface area contributed by atoms with Gasteiger partial charge < -0.3 is 5.32 Å². The second kappa shape index (κ2) is 9.64. The highest BCUT2D eigenvalue weighted by Crippen LogP contribution is 2.23. The Morgan fingerprint density at radius 2 is 1.70 bits per heavy atom. The lowest BCUT2D eigenvalue weighted by Gasteiger charge is -2.36. The molecule has 0 unspecified atom stereocenters. The molecule has 0 saturated carbocycles. The van der Waals surface area contributed by atoms with Crippen LogP contribution in [-0.2, 0) is 15.0 Å². The summed E-state index contributed by atoms with van der Waals surface area (Å²) in [7, 11) is -3.40. The van der Waals surface area contributed by atoms with Gasteiger partial charge >= 0.3 is 0 Å². The van der Waals surface area contributed by atoms with Crippen LogP contribution in [0.4, 0.5) is 5.69 Å². The van der Waals surface area contributed by atoms with Gasteiger partial charge in [0, 0.05) is 45.0 Å². The predicted octanol–water partition coefficient (Wildman–Crippen LogP) is 1.95. The Hall–Kier alpha value is -1.48. The van der Waals surface area contributed by atoms with Crippen LogP contribution in [0, 0.1) is 0 Å². The van der Waals surface area contributed by atoms with Crippen LogP contribution in [0.1, 0.15) is 39.2 Å². The molecule has 7 nitrogen and oxygen atoms in total. The molecule has 1 N–H and O–H groups in total. The summed E-state index contributed by atoms with van der Waals surface area (Å²) in [5.74, 6) is 0.262. The molecule has 0 bridgehead atoms. The molecule has 1 aliphatic heterocycles. The van der Waals surface area contributed by atoms with E-state index in [4.69, 9.17) is 0 Å². The normalized spacial score (nSPS) is 16.8. The summed E-state index contributed by atoms with van der Waals surface area (Å²) in [5, 5.41) is 3.00. The zero-order valence-electron chi connectivity index (χ0n) is 16.8. The smallest absolute Gasteiger partial charge is 0.282 e. The van der Waals surface area contributed by atoms with Gasteiger partial charge in [-0.1, -0.05) is 45.9 Å². The SMILES string of the molecule is CCN(CC)S(=O)(=O)N1CCN(CC(=O)Nc2ccccc2C(C)C)CC1. The van der Waals surface area contributed by atoms with E-state index in [2.05, 4.69) is 19.2 Å². The minimum absolute atomic E-state index is 0.0665. The maximum Gasteiger partial charge on any atom is 0.282 e. The quantitative estimate of drug-likeness (QED) is 0.729. The van der Waals surface area contributed by atoms with E-state index >= 15 is 0 Å². The van der Waals surface area contributed by atoms with Gasteiger partial charge in [0.15, 0.2) is 0 Å². The van der Waals surface area contributed by atoms with Crippen LogP contribution < -0.4 is 5.32 Å². The lowest BCUT2D eigenvalue weighted by Crippen LogP contribution is -2.54. The topological polar surface area (TPSA) is 73.0 Å². The zero-order chi connectivity index (χ0) is 20.0. The third-order valence-electron chi connectivity index (χ3n) is 4.91. The highest BCUT2D eigenvalue weighted by molar-refractivity contribution is 7.86. The average Bonchev–Trinajstić information content (AvgIpc) is 2.63. The number of para-hydroxylation sites is 1. The van der Waals surface area contributed by atoms with Gasteiger partial charge in [-0.15, -0.1) is 0 Å². The van der Waals surface area contributed by atoms with E-state index in [9.17, 15) is 13.2 Å². The highest BCUT2D eigenvalue weighted by Gasteiger charge is 2.31. The molecule has 1 aliphatic rings. The van der Waals surface area contributed by atoms with Crippen LogP contribution in [0.3, 0.4) is 0 Å². The van der Waals surface area contributed by atoms with E-state index in [1.54, 1.807) is 0 Å². The minimum Gasteiger partial charge on any atom is -0.325 e. The van der Waals surface area contributed by atoms with Crippen molar-refractivity contribution in [3.63, 3.8) is 0 Å². The number of hydrogen-bond acceptors (Lipinski definition) is 4. The summed E-state index contributed by atoms with van der Waals surface area (Å²) in [6, 6.07) is 7.83. The van der Waals surface area contributed by atoms with E-state index in [0.717, 1.165) is 11.3 Å². The van der Waals surface area contributed by atoms with Crippen molar-refractivity contribution in [2.75, 3.05) is 51.1 Å². The van der Waals surface area contributed by atoms with E-state index in [1.165, 1.54) is 8.61 Å². The van der Waals surface area contributed by atoms with Crippen molar-refractivity contribution in [1.29, 1.82) is 0 Å². The van der Waals surface area contributed by atoms with E-state index in [-0.39, 0.29) is 12.5 Å². The van der Waals surface area contributed by atoms with Crippen LogP contribution >= 0.6 is 0 Å². The fourth-order valence-electron chi connectivity index (χ4n) is 3.34. The number of hydrogen-bond donors (Lipinski definition) is 1. The van der Waals surface area contributed by atoms with E-state index in [0.29, 0.717) is 45.2 Å². The van der Waals surface area contributed by atoms with Gasteiger partial charge in [-0.3, -0.25) is 9.69 Å². The number of nitrogens with zero attached hydrogens (tertiary/aromatic N) is 3. The van der Waals surface area contributed by atoms with Crippen molar-refractivity contribution in [1.82, 2.24) is 13.5 Å². The third kappa shape index (κ3) is 5.51. The van der Waals surface area contributed by atoms with Gasteiger partial charge in [-0.05, 0) is 17.5 Å². The number of benzene rings is 1. The molecule has 8 heteroatoms. The van der Waals surface area contributed by atoms with Crippen molar-refractivity contribution in [2.24, 2.45) is 0 Å². The van der Waals surface area contributed by atoms with E-state index < -0.39 is 10.2 Å². The summed E-state index contributed by atoms with van der Waals surface area (Å²) in [6.07, 6.45) is 0. The van der Waals surface area contributed by atoms with Crippen molar-refractivity contribution >= 4 is 21.8 Å². The van der Waals surface area contributed by atoms with Crippen molar-refractivity contribution < 1.29 is 13.2 Å². The first-order valence-corrected chi connectivity index (χ1v) is 11.1. The van der Waals surface area contributed by atoms with Crippen LogP contribution in [0.15, 0.2) is 24.3 Å². The lowest BCUT2D eigenvalue weighted by molar-refractivity contribution is -0.117. The molecule has 0 radical (unpaired) electrons. The van der Waals surface area contributed by atoms with Crippen LogP contribution in [0.25, 0.3) is 0 Å². The van der Waals surface area contributed by atoms with Crippen LogP contribution in [0.2, 0.25) is 0 Å². The molecule has 1 aromatic carbocycles. The monoisotopic (exact) mass is 396 g/mol. The summed E-state index contributed by atoms with van der Waals surface area (Å²) >= 11 is 0. The maximum absolute atomic E-state index is 12.6. The molecular formula is C19H32N4O3S. The molecule has 1 aromatic rings. The molecule has 1 amide bonds. The number of carbonyl (C=O) groups is 1. The number of anilines is 1. The Kier molecular flexibility index (Phi) is 7.79. The lowest BCUT2D eigenvalue weighted by atomic mass is 10.0. The van der Waals surface area contributed by atoms with Gasteiger partial charge in [-0.25, -0.2) is 0 Å². The number of rotatable bonds is 8. The van der Waals surface area contributed by atoms with Crippen molar-refractivity contribution in [3.05, 3.63) is 29.8 Å². The second-order valence-corrected chi connectivity index (χ2v) is 8.99. The molecule has 2 rings (SSSR count). The Balaban J connectivity index is 1.90. The molecule has 27 heavy (non-hydrogen) atoms. The first-order valence-electron chi connectivity index (χ1n) is 9.65. The standard InChI is InChI=1S/C19H32N4O3S/c1-5-22(6-2)27(25,26)23-13-11-21(12-14-23)15-19(24)20-18-10-8-7-9-17(18)16(3)4/h7-10,16H,5-6,11-15H2,1-4H3,(H,20,24). The second-order valence-electron chi connectivity index (χ2n) is 7.06. The number of carbonyl (C=O) groups excluding carboxylic acids is 1. The summed E-state index contributed by atoms with van der Waals surface area (Å²) < 4.78 is 28.1. The van der Waals surface area contributed by atoms with Crippen LogP contribution in [0.5, 0.6) is 0 Å². The first kappa shape index (κ1) is 21.8. The molecule has 0 aliphatic carbocycles. The predicted molar refractivity (Wildman–Crippen MR) is 109 cm³/mol. The Morgan fingerprint density at radius 1 is 1.11 bits per heavy atom. The van der Waals surface area contributed by atoms with Gasteiger partial charge in [0.1, 0.15) is 0 Å². The average molecular weight is 397 g/mol. The third-order valence-corrected chi connectivity index (χ3v) is 7.10. The minimum atomic E-state index is -3.40. The first-order chi connectivity index (χ1) is 12.8. The fraction of sp³-hybridized carbons (Fsp3) is 0.632. The number of nitrogens with one attached hydrogen (secondary N) is 1. The van der Waals surface area contributed by atoms with E-state index in [1.807, 2.05) is 43.0 Å². The molecule has 1 fully saturated rings.